The molecule has 1 saturated heterocycles. The summed E-state index contributed by atoms with van der Waals surface area (Å²) in [6.45, 7) is 4.37. The summed E-state index contributed by atoms with van der Waals surface area (Å²) in [5.41, 5.74) is 7.11. The smallest absolute Gasteiger partial charge is 0.317 e. The number of rotatable bonds is 3. The van der Waals surface area contributed by atoms with Crippen LogP contribution in [0.4, 0.5) is 4.79 Å². The maximum absolute atomic E-state index is 12.1. The van der Waals surface area contributed by atoms with Crippen molar-refractivity contribution in [3.63, 3.8) is 0 Å². The molecule has 0 bridgehead atoms. The Hall–Kier alpha value is -2.04. The van der Waals surface area contributed by atoms with Gasteiger partial charge in [-0.15, -0.1) is 0 Å². The number of amides is 2. The van der Waals surface area contributed by atoms with Crippen molar-refractivity contribution >= 4 is 11.9 Å². The summed E-state index contributed by atoms with van der Waals surface area (Å²) in [7, 11) is 0. The fourth-order valence-corrected chi connectivity index (χ4v) is 2.47. The van der Waals surface area contributed by atoms with Gasteiger partial charge in [0.2, 0.25) is 0 Å². The van der Waals surface area contributed by atoms with Crippen LogP contribution >= 0.6 is 0 Å². The first-order chi connectivity index (χ1) is 9.56. The number of hydrogen-bond acceptors (Lipinski definition) is 2. The minimum Gasteiger partial charge on any atom is -0.384 e. The molecule has 0 radical (unpaired) electrons. The fraction of sp³-hybridized carbons (Fsp3) is 0.467. The number of likely N-dealkylation sites (tertiary alicyclic amines) is 1. The van der Waals surface area contributed by atoms with Crippen LogP contribution in [0, 0.1) is 11.3 Å². The average Bonchev–Trinajstić information content (AvgIpc) is 2.45. The molecule has 1 atom stereocenters. The molecule has 1 aromatic rings. The lowest BCUT2D eigenvalue weighted by molar-refractivity contribution is 0.169. The van der Waals surface area contributed by atoms with E-state index in [9.17, 15) is 4.79 Å². The van der Waals surface area contributed by atoms with E-state index in [1.54, 1.807) is 12.1 Å². The van der Waals surface area contributed by atoms with Gasteiger partial charge in [-0.25, -0.2) is 4.79 Å². The quantitative estimate of drug-likeness (QED) is 0.581. The summed E-state index contributed by atoms with van der Waals surface area (Å²) in [5, 5.41) is 10.3. The third-order valence-electron chi connectivity index (χ3n) is 3.65. The highest BCUT2D eigenvalue weighted by Crippen LogP contribution is 2.15. The van der Waals surface area contributed by atoms with Crippen molar-refractivity contribution in [2.24, 2.45) is 11.7 Å². The second-order valence-corrected chi connectivity index (χ2v) is 5.46. The number of carbonyl (C=O) groups excluding carboxylic acids is 1. The normalized spacial score (nSPS) is 18.6. The zero-order valence-corrected chi connectivity index (χ0v) is 11.9. The van der Waals surface area contributed by atoms with Crippen LogP contribution in [0.25, 0.3) is 0 Å². The molecule has 0 aromatic heterocycles. The molecule has 0 saturated carbocycles. The highest BCUT2D eigenvalue weighted by molar-refractivity contribution is 5.94. The van der Waals surface area contributed by atoms with Gasteiger partial charge < -0.3 is 16.0 Å². The van der Waals surface area contributed by atoms with E-state index in [0.717, 1.165) is 25.1 Å². The first-order valence-electron chi connectivity index (χ1n) is 7.02. The van der Waals surface area contributed by atoms with Crippen molar-refractivity contribution < 1.29 is 4.79 Å². The molecular formula is C15H22N4O. The number of nitrogen functional groups attached to an aromatic ring is 1. The van der Waals surface area contributed by atoms with Crippen molar-refractivity contribution in [1.29, 1.82) is 5.41 Å². The van der Waals surface area contributed by atoms with Gasteiger partial charge in [-0.1, -0.05) is 31.2 Å². The third kappa shape index (κ3) is 3.73. The van der Waals surface area contributed by atoms with E-state index in [4.69, 9.17) is 11.1 Å². The predicted molar refractivity (Wildman–Crippen MR) is 79.7 cm³/mol. The van der Waals surface area contributed by atoms with Gasteiger partial charge in [-0.3, -0.25) is 5.41 Å². The van der Waals surface area contributed by atoms with Crippen LogP contribution in [-0.4, -0.2) is 29.9 Å². The van der Waals surface area contributed by atoms with Crippen LogP contribution in [0.15, 0.2) is 24.3 Å². The van der Waals surface area contributed by atoms with E-state index >= 15 is 0 Å². The van der Waals surface area contributed by atoms with Gasteiger partial charge in [0.25, 0.3) is 0 Å². The van der Waals surface area contributed by atoms with Crippen LogP contribution < -0.4 is 11.1 Å². The predicted octanol–water partition coefficient (Wildman–Crippen LogP) is 1.91. The standard InChI is InChI=1S/C15H22N4O/c1-11-3-2-8-19(10-11)15(20)18-9-12-4-6-13(7-5-12)14(16)17/h4-7,11H,2-3,8-10H2,1H3,(H3,16,17)(H,18,20). The molecule has 5 heteroatoms. The summed E-state index contributed by atoms with van der Waals surface area (Å²) < 4.78 is 0. The van der Waals surface area contributed by atoms with Crippen LogP contribution in [0.1, 0.15) is 30.9 Å². The molecular weight excluding hydrogens is 252 g/mol. The minimum absolute atomic E-state index is 0.00666. The summed E-state index contributed by atoms with van der Waals surface area (Å²) in [5.74, 6) is 0.646. The van der Waals surface area contributed by atoms with Crippen LogP contribution in [0.3, 0.4) is 0 Å². The Bertz CT molecular complexity index is 483. The minimum atomic E-state index is 0.00666. The number of amidine groups is 1. The highest BCUT2D eigenvalue weighted by Gasteiger charge is 2.20. The zero-order chi connectivity index (χ0) is 14.5. The van der Waals surface area contributed by atoms with Crippen LogP contribution in [-0.2, 0) is 6.54 Å². The highest BCUT2D eigenvalue weighted by atomic mass is 16.2. The molecule has 1 heterocycles. The monoisotopic (exact) mass is 274 g/mol. The Morgan fingerprint density at radius 3 is 2.75 bits per heavy atom. The molecule has 0 spiro atoms. The second-order valence-electron chi connectivity index (χ2n) is 5.46. The van der Waals surface area contributed by atoms with Gasteiger partial charge in [0.05, 0.1) is 0 Å². The topological polar surface area (TPSA) is 82.2 Å². The maximum Gasteiger partial charge on any atom is 0.317 e. The molecule has 5 nitrogen and oxygen atoms in total. The van der Waals surface area contributed by atoms with Gasteiger partial charge in [-0.05, 0) is 24.3 Å². The Morgan fingerprint density at radius 1 is 1.45 bits per heavy atom. The molecule has 108 valence electrons. The number of benzene rings is 1. The van der Waals surface area contributed by atoms with Crippen LogP contribution in [0.5, 0.6) is 0 Å². The Labute approximate surface area is 119 Å². The van der Waals surface area contributed by atoms with E-state index in [1.807, 2.05) is 17.0 Å². The summed E-state index contributed by atoms with van der Waals surface area (Å²) in [4.78, 5) is 13.9. The molecule has 2 rings (SSSR count). The van der Waals surface area contributed by atoms with Crippen molar-refractivity contribution in [2.45, 2.75) is 26.3 Å². The molecule has 1 aliphatic heterocycles. The molecule has 1 aliphatic rings. The van der Waals surface area contributed by atoms with E-state index in [1.165, 1.54) is 6.42 Å². The van der Waals surface area contributed by atoms with E-state index in [2.05, 4.69) is 12.2 Å². The number of hydrogen-bond donors (Lipinski definition) is 3. The van der Waals surface area contributed by atoms with Gasteiger partial charge in [0.15, 0.2) is 0 Å². The van der Waals surface area contributed by atoms with E-state index in [0.29, 0.717) is 18.0 Å². The lowest BCUT2D eigenvalue weighted by Gasteiger charge is -2.30. The van der Waals surface area contributed by atoms with E-state index in [-0.39, 0.29) is 11.9 Å². The molecule has 0 aliphatic carbocycles. The lowest BCUT2D eigenvalue weighted by atomic mass is 10.0. The SMILES string of the molecule is CC1CCCN(C(=O)NCc2ccc(C(=N)N)cc2)C1. The van der Waals surface area contributed by atoms with Gasteiger partial charge in [0, 0.05) is 25.2 Å². The van der Waals surface area contributed by atoms with Crippen molar-refractivity contribution in [1.82, 2.24) is 10.2 Å². The van der Waals surface area contributed by atoms with Crippen molar-refractivity contribution in [2.75, 3.05) is 13.1 Å². The maximum atomic E-state index is 12.1. The lowest BCUT2D eigenvalue weighted by Crippen LogP contribution is -2.44. The number of carbonyl (C=O) groups is 1. The molecule has 1 aromatic carbocycles. The van der Waals surface area contributed by atoms with Gasteiger partial charge in [-0.2, -0.15) is 0 Å². The summed E-state index contributed by atoms with van der Waals surface area (Å²) >= 11 is 0. The average molecular weight is 274 g/mol. The number of nitrogens with two attached hydrogens (primary N) is 1. The molecule has 1 unspecified atom stereocenters. The van der Waals surface area contributed by atoms with Gasteiger partial charge >= 0.3 is 6.03 Å². The first-order valence-corrected chi connectivity index (χ1v) is 7.02. The summed E-state index contributed by atoms with van der Waals surface area (Å²) in [6, 6.07) is 7.37. The molecule has 4 N–H and O–H groups in total. The van der Waals surface area contributed by atoms with Crippen LogP contribution in [0.2, 0.25) is 0 Å². The van der Waals surface area contributed by atoms with Crippen molar-refractivity contribution in [3.05, 3.63) is 35.4 Å². The molecule has 20 heavy (non-hydrogen) atoms. The van der Waals surface area contributed by atoms with Crippen molar-refractivity contribution in [3.8, 4) is 0 Å². The zero-order valence-electron chi connectivity index (χ0n) is 11.9. The molecule has 2 amide bonds. The third-order valence-corrected chi connectivity index (χ3v) is 3.65. The van der Waals surface area contributed by atoms with Gasteiger partial charge in [0.1, 0.15) is 5.84 Å². The van der Waals surface area contributed by atoms with E-state index < -0.39 is 0 Å². The first kappa shape index (κ1) is 14.4. The fourth-order valence-electron chi connectivity index (χ4n) is 2.47. The number of nitrogens with zero attached hydrogens (tertiary/aromatic N) is 1. The molecule has 1 fully saturated rings. The Balaban J connectivity index is 1.85. The largest absolute Gasteiger partial charge is 0.384 e. The number of nitrogens with one attached hydrogen (secondary N) is 2. The summed E-state index contributed by atoms with van der Waals surface area (Å²) in [6.07, 6.45) is 2.29. The number of piperidine rings is 1. The Kier molecular flexibility index (Phi) is 4.61. The second kappa shape index (κ2) is 6.41. The number of urea groups is 1. The Morgan fingerprint density at radius 2 is 2.15 bits per heavy atom.